The molecule has 0 saturated carbocycles. The fraction of sp³-hybridized carbons (Fsp3) is 0.385. The molecule has 5 rings (SSSR count). The van der Waals surface area contributed by atoms with Gasteiger partial charge in [-0.1, -0.05) is 12.1 Å². The Bertz CT molecular complexity index is 1190. The monoisotopic (exact) mass is 464 g/mol. The number of amides is 1. The SMILES string of the molecule is COc1ccc(F)cc1[C@H]1CCc2nc(C(=O)N3CCN(c4ccccc4OC)CC3)cn2C1. The lowest BCUT2D eigenvalue weighted by Gasteiger charge is -2.36. The van der Waals surface area contributed by atoms with Crippen molar-refractivity contribution in [3.63, 3.8) is 0 Å². The normalized spacial score (nSPS) is 17.9. The average Bonchev–Trinajstić information content (AvgIpc) is 3.32. The lowest BCUT2D eigenvalue weighted by molar-refractivity contribution is 0.0741. The average molecular weight is 465 g/mol. The van der Waals surface area contributed by atoms with Crippen LogP contribution in [-0.4, -0.2) is 60.8 Å². The summed E-state index contributed by atoms with van der Waals surface area (Å²) in [7, 11) is 3.28. The molecule has 0 unspecified atom stereocenters. The summed E-state index contributed by atoms with van der Waals surface area (Å²) in [5.41, 5.74) is 2.39. The van der Waals surface area contributed by atoms with Gasteiger partial charge < -0.3 is 23.8 Å². The minimum atomic E-state index is -0.268. The standard InChI is InChI=1S/C26H29FN4O3/c1-33-23-9-8-19(27)15-20(23)18-7-10-25-28-21(17-31(25)16-18)26(32)30-13-11-29(12-14-30)22-5-3-4-6-24(22)34-2/h3-6,8-9,15,17-18H,7,10-14,16H2,1-2H3/t18-/m0/s1. The Balaban J connectivity index is 1.27. The van der Waals surface area contributed by atoms with Gasteiger partial charge in [0.15, 0.2) is 0 Å². The summed E-state index contributed by atoms with van der Waals surface area (Å²) in [4.78, 5) is 22.0. The molecule has 178 valence electrons. The Morgan fingerprint density at radius 2 is 1.79 bits per heavy atom. The highest BCUT2D eigenvalue weighted by Crippen LogP contribution is 2.35. The number of fused-ring (bicyclic) bond motifs is 1. The lowest BCUT2D eigenvalue weighted by atomic mass is 9.91. The number of halogens is 1. The molecule has 0 radical (unpaired) electrons. The van der Waals surface area contributed by atoms with Gasteiger partial charge in [-0.15, -0.1) is 0 Å². The molecule has 8 heteroatoms. The molecule has 0 aliphatic carbocycles. The summed E-state index contributed by atoms with van der Waals surface area (Å²) < 4.78 is 26.9. The third kappa shape index (κ3) is 4.20. The van der Waals surface area contributed by atoms with Crippen molar-refractivity contribution < 1.29 is 18.7 Å². The number of imidazole rings is 1. The van der Waals surface area contributed by atoms with Crippen LogP contribution >= 0.6 is 0 Å². The number of anilines is 1. The number of aryl methyl sites for hydroxylation is 1. The van der Waals surface area contributed by atoms with Crippen molar-refractivity contribution in [1.29, 1.82) is 0 Å². The van der Waals surface area contributed by atoms with Crippen molar-refractivity contribution in [3.05, 3.63) is 71.6 Å². The fourth-order valence-electron chi connectivity index (χ4n) is 5.03. The summed E-state index contributed by atoms with van der Waals surface area (Å²) >= 11 is 0. The number of ether oxygens (including phenoxy) is 2. The van der Waals surface area contributed by atoms with Crippen molar-refractivity contribution in [3.8, 4) is 11.5 Å². The van der Waals surface area contributed by atoms with E-state index >= 15 is 0 Å². The lowest BCUT2D eigenvalue weighted by Crippen LogP contribution is -2.49. The predicted octanol–water partition coefficient (Wildman–Crippen LogP) is 3.73. The Morgan fingerprint density at radius 1 is 1.03 bits per heavy atom. The molecule has 1 saturated heterocycles. The van der Waals surface area contributed by atoms with Gasteiger partial charge in [0.05, 0.1) is 19.9 Å². The molecule has 2 aliphatic heterocycles. The highest BCUT2D eigenvalue weighted by atomic mass is 19.1. The summed E-state index contributed by atoms with van der Waals surface area (Å²) in [6.45, 7) is 3.38. The van der Waals surface area contributed by atoms with E-state index in [0.29, 0.717) is 31.1 Å². The summed E-state index contributed by atoms with van der Waals surface area (Å²) in [6.07, 6.45) is 3.42. The molecule has 2 aromatic carbocycles. The number of benzene rings is 2. The van der Waals surface area contributed by atoms with E-state index in [4.69, 9.17) is 9.47 Å². The number of nitrogens with zero attached hydrogens (tertiary/aromatic N) is 4. The first kappa shape index (κ1) is 22.3. The second-order valence-electron chi connectivity index (χ2n) is 8.77. The van der Waals surface area contributed by atoms with E-state index in [0.717, 1.165) is 48.8 Å². The number of para-hydroxylation sites is 2. The third-order valence-corrected chi connectivity index (χ3v) is 6.84. The minimum absolute atomic E-state index is 0.0403. The smallest absolute Gasteiger partial charge is 0.274 e. The van der Waals surface area contributed by atoms with Crippen LogP contribution in [0.2, 0.25) is 0 Å². The van der Waals surface area contributed by atoms with E-state index in [1.165, 1.54) is 6.07 Å². The topological polar surface area (TPSA) is 59.8 Å². The van der Waals surface area contributed by atoms with Crippen LogP contribution in [0.25, 0.3) is 0 Å². The summed E-state index contributed by atoms with van der Waals surface area (Å²) in [5.74, 6) is 2.24. The molecule has 7 nitrogen and oxygen atoms in total. The molecule has 1 fully saturated rings. The van der Waals surface area contributed by atoms with Gasteiger partial charge in [0.2, 0.25) is 0 Å². The number of carbonyl (C=O) groups is 1. The maximum atomic E-state index is 13.9. The van der Waals surface area contributed by atoms with Crippen molar-refractivity contribution in [2.45, 2.75) is 25.3 Å². The molecule has 1 atom stereocenters. The second-order valence-corrected chi connectivity index (χ2v) is 8.77. The first-order chi connectivity index (χ1) is 16.6. The molecule has 1 amide bonds. The molecule has 0 bridgehead atoms. The van der Waals surface area contributed by atoms with E-state index in [9.17, 15) is 9.18 Å². The van der Waals surface area contributed by atoms with Crippen molar-refractivity contribution in [2.24, 2.45) is 0 Å². The van der Waals surface area contributed by atoms with Gasteiger partial charge in [0.1, 0.15) is 28.8 Å². The van der Waals surface area contributed by atoms with Gasteiger partial charge in [-0.25, -0.2) is 9.37 Å². The van der Waals surface area contributed by atoms with Crippen LogP contribution in [0.15, 0.2) is 48.7 Å². The minimum Gasteiger partial charge on any atom is -0.496 e. The third-order valence-electron chi connectivity index (χ3n) is 6.84. The van der Waals surface area contributed by atoms with Crippen molar-refractivity contribution >= 4 is 11.6 Å². The van der Waals surface area contributed by atoms with Gasteiger partial charge in [-0.2, -0.15) is 0 Å². The van der Waals surface area contributed by atoms with Gasteiger partial charge in [0.25, 0.3) is 5.91 Å². The van der Waals surface area contributed by atoms with Crippen LogP contribution in [0, 0.1) is 5.82 Å². The Kier molecular flexibility index (Phi) is 6.13. The van der Waals surface area contributed by atoms with Crippen LogP contribution in [0.3, 0.4) is 0 Å². The number of hydrogen-bond acceptors (Lipinski definition) is 5. The van der Waals surface area contributed by atoms with Crippen LogP contribution in [0.1, 0.15) is 34.2 Å². The Hall–Kier alpha value is -3.55. The van der Waals surface area contributed by atoms with E-state index in [-0.39, 0.29) is 17.6 Å². The first-order valence-corrected chi connectivity index (χ1v) is 11.6. The molecule has 0 N–H and O–H groups in total. The summed E-state index contributed by atoms with van der Waals surface area (Å²) in [6, 6.07) is 12.6. The van der Waals surface area contributed by atoms with E-state index in [2.05, 4.69) is 9.88 Å². The quantitative estimate of drug-likeness (QED) is 0.576. The summed E-state index contributed by atoms with van der Waals surface area (Å²) in [5, 5.41) is 0. The Morgan fingerprint density at radius 3 is 2.56 bits per heavy atom. The molecular weight excluding hydrogens is 435 g/mol. The largest absolute Gasteiger partial charge is 0.496 e. The van der Waals surface area contributed by atoms with Gasteiger partial charge in [-0.3, -0.25) is 4.79 Å². The number of rotatable bonds is 5. The maximum Gasteiger partial charge on any atom is 0.274 e. The highest BCUT2D eigenvalue weighted by molar-refractivity contribution is 5.92. The number of aromatic nitrogens is 2. The maximum absolute atomic E-state index is 13.9. The molecule has 1 aromatic heterocycles. The zero-order valence-electron chi connectivity index (χ0n) is 19.5. The number of carbonyl (C=O) groups excluding carboxylic acids is 1. The zero-order chi connectivity index (χ0) is 23.7. The first-order valence-electron chi connectivity index (χ1n) is 11.6. The van der Waals surface area contributed by atoms with Crippen LogP contribution in [0.4, 0.5) is 10.1 Å². The molecule has 0 spiro atoms. The molecule has 3 aromatic rings. The highest BCUT2D eigenvalue weighted by Gasteiger charge is 2.29. The molecule has 3 heterocycles. The zero-order valence-corrected chi connectivity index (χ0v) is 19.5. The van der Waals surface area contributed by atoms with Gasteiger partial charge in [-0.05, 0) is 36.8 Å². The number of piperazine rings is 1. The number of methoxy groups -OCH3 is 2. The second kappa shape index (κ2) is 9.37. The van der Waals surface area contributed by atoms with Crippen molar-refractivity contribution in [2.75, 3.05) is 45.3 Å². The number of hydrogen-bond donors (Lipinski definition) is 0. The molecular formula is C26H29FN4O3. The molecule has 2 aliphatic rings. The molecule has 34 heavy (non-hydrogen) atoms. The van der Waals surface area contributed by atoms with Gasteiger partial charge in [0, 0.05) is 56.8 Å². The van der Waals surface area contributed by atoms with E-state index in [1.54, 1.807) is 26.4 Å². The Labute approximate surface area is 198 Å². The van der Waals surface area contributed by atoms with Gasteiger partial charge >= 0.3 is 0 Å². The van der Waals surface area contributed by atoms with E-state index in [1.807, 2.05) is 39.9 Å². The van der Waals surface area contributed by atoms with E-state index < -0.39 is 0 Å². The van der Waals surface area contributed by atoms with Crippen LogP contribution in [-0.2, 0) is 13.0 Å². The van der Waals surface area contributed by atoms with Crippen LogP contribution < -0.4 is 14.4 Å². The fourth-order valence-corrected chi connectivity index (χ4v) is 5.03. The predicted molar refractivity (Wildman–Crippen MR) is 127 cm³/mol. The van der Waals surface area contributed by atoms with Crippen LogP contribution in [0.5, 0.6) is 11.5 Å². The van der Waals surface area contributed by atoms with Crippen molar-refractivity contribution in [1.82, 2.24) is 14.5 Å².